The van der Waals surface area contributed by atoms with Crippen LogP contribution in [0.4, 0.5) is 0 Å². The SMILES string of the molecule is [B]SC1CCC(S[B]C)CC1. The van der Waals surface area contributed by atoms with Crippen LogP contribution in [0.5, 0.6) is 0 Å². The third kappa shape index (κ3) is 3.37. The van der Waals surface area contributed by atoms with E-state index in [0.717, 1.165) is 10.5 Å². The van der Waals surface area contributed by atoms with Crippen LogP contribution in [0.3, 0.4) is 0 Å². The van der Waals surface area contributed by atoms with Gasteiger partial charge >= 0.3 is 0 Å². The van der Waals surface area contributed by atoms with Gasteiger partial charge in [-0.2, -0.15) is 0 Å². The molecule has 1 rings (SSSR count). The highest BCUT2D eigenvalue weighted by Crippen LogP contribution is 2.32. The smallest absolute Gasteiger partial charge is 0.188 e. The molecule has 0 spiro atoms. The van der Waals surface area contributed by atoms with Crippen molar-refractivity contribution in [1.82, 2.24) is 0 Å². The minimum absolute atomic E-state index is 0.740. The summed E-state index contributed by atoms with van der Waals surface area (Å²) in [7, 11) is 5.52. The minimum atomic E-state index is 0.740. The monoisotopic (exact) mass is 183 g/mol. The van der Waals surface area contributed by atoms with E-state index in [0.29, 0.717) is 0 Å². The lowest BCUT2D eigenvalue weighted by Crippen LogP contribution is -2.18. The highest BCUT2D eigenvalue weighted by atomic mass is 32.2. The first-order valence-corrected chi connectivity index (χ1v) is 6.04. The van der Waals surface area contributed by atoms with Gasteiger partial charge in [-0.1, -0.05) is 6.82 Å². The molecule has 0 unspecified atom stereocenters. The molecule has 0 N–H and O–H groups in total. The van der Waals surface area contributed by atoms with Gasteiger partial charge in [0.05, 0.1) is 0 Å². The minimum Gasteiger partial charge on any atom is -0.224 e. The molecule has 11 heavy (non-hydrogen) atoms. The molecular weight excluding hydrogens is 170 g/mol. The molecular formula is C7H13B2S2. The summed E-state index contributed by atoms with van der Waals surface area (Å²) in [5.74, 6) is 0. The molecule has 0 aromatic carbocycles. The van der Waals surface area contributed by atoms with Crippen LogP contribution in [0.25, 0.3) is 0 Å². The Labute approximate surface area is 80.1 Å². The van der Waals surface area contributed by atoms with Gasteiger partial charge in [0.15, 0.2) is 13.7 Å². The molecule has 59 valence electrons. The highest BCUT2D eigenvalue weighted by molar-refractivity contribution is 8.22. The third-order valence-electron chi connectivity index (χ3n) is 2.14. The number of rotatable bonds is 3. The highest BCUT2D eigenvalue weighted by Gasteiger charge is 2.19. The first kappa shape index (κ1) is 9.91. The fraction of sp³-hybridized carbons (Fsp3) is 1.00. The average molecular weight is 183 g/mol. The van der Waals surface area contributed by atoms with Gasteiger partial charge in [0.25, 0.3) is 0 Å². The lowest BCUT2D eigenvalue weighted by molar-refractivity contribution is 0.531. The molecule has 0 atom stereocenters. The van der Waals surface area contributed by atoms with Gasteiger partial charge in [-0.15, -0.1) is 0 Å². The first-order valence-electron chi connectivity index (χ1n) is 4.15. The predicted molar refractivity (Wildman–Crippen MR) is 58.6 cm³/mol. The summed E-state index contributed by atoms with van der Waals surface area (Å²) in [4.78, 5) is 0. The maximum Gasteiger partial charge on any atom is 0.188 e. The van der Waals surface area contributed by atoms with Crippen LogP contribution < -0.4 is 0 Å². The summed E-state index contributed by atoms with van der Waals surface area (Å²) < 4.78 is 0. The molecule has 0 aliphatic heterocycles. The van der Waals surface area contributed by atoms with Crippen LogP contribution in [0.1, 0.15) is 25.7 Å². The Morgan fingerprint density at radius 3 is 2.18 bits per heavy atom. The molecule has 0 heterocycles. The van der Waals surface area contributed by atoms with E-state index < -0.39 is 0 Å². The standard InChI is InChI=1S/C7H13B2S2/c1-9-11-7-4-2-6(10-8)3-5-7/h6-7H,2-5H2,1H3. The zero-order chi connectivity index (χ0) is 8.10. The topological polar surface area (TPSA) is 0 Å². The Morgan fingerprint density at radius 2 is 1.73 bits per heavy atom. The van der Waals surface area contributed by atoms with Gasteiger partial charge in [0, 0.05) is 0 Å². The van der Waals surface area contributed by atoms with Gasteiger partial charge in [0.1, 0.15) is 0 Å². The van der Waals surface area contributed by atoms with Crippen molar-refractivity contribution in [1.29, 1.82) is 0 Å². The normalized spacial score (nSPS) is 31.7. The second-order valence-electron chi connectivity index (χ2n) is 2.91. The molecule has 0 amide bonds. The summed E-state index contributed by atoms with van der Waals surface area (Å²) in [5.41, 5.74) is 0. The fourth-order valence-electron chi connectivity index (χ4n) is 1.50. The maximum absolute atomic E-state index is 5.52. The van der Waals surface area contributed by atoms with Crippen LogP contribution in [0, 0.1) is 0 Å². The molecule has 4 heteroatoms. The Morgan fingerprint density at radius 1 is 1.18 bits per heavy atom. The van der Waals surface area contributed by atoms with Crippen molar-refractivity contribution in [3.05, 3.63) is 0 Å². The van der Waals surface area contributed by atoms with Gasteiger partial charge < -0.3 is 0 Å². The lowest BCUT2D eigenvalue weighted by Gasteiger charge is -2.27. The van der Waals surface area contributed by atoms with Gasteiger partial charge in [-0.25, -0.2) is 23.2 Å². The molecule has 1 fully saturated rings. The van der Waals surface area contributed by atoms with Crippen molar-refractivity contribution in [2.75, 3.05) is 0 Å². The molecule has 0 aromatic heterocycles. The Balaban J connectivity index is 2.14. The Kier molecular flexibility index (Phi) is 4.93. The van der Waals surface area contributed by atoms with Crippen LogP contribution in [0.15, 0.2) is 0 Å². The zero-order valence-corrected chi connectivity index (χ0v) is 8.59. The van der Waals surface area contributed by atoms with Crippen LogP contribution in [-0.2, 0) is 0 Å². The quantitative estimate of drug-likeness (QED) is 0.616. The largest absolute Gasteiger partial charge is 0.224 e. The second kappa shape index (κ2) is 5.47. The van der Waals surface area contributed by atoms with Crippen LogP contribution in [0.2, 0.25) is 6.82 Å². The first-order chi connectivity index (χ1) is 5.36. The van der Waals surface area contributed by atoms with E-state index in [1.807, 2.05) is 11.6 Å². The Bertz CT molecular complexity index is 103. The molecule has 0 bridgehead atoms. The molecule has 3 radical (unpaired) electrons. The van der Waals surface area contributed by atoms with Gasteiger partial charge in [-0.05, 0) is 36.2 Å². The molecule has 1 aliphatic rings. The summed E-state index contributed by atoms with van der Waals surface area (Å²) in [6.07, 6.45) is 5.33. The fourth-order valence-corrected chi connectivity index (χ4v) is 2.97. The van der Waals surface area contributed by atoms with Gasteiger partial charge in [0.2, 0.25) is 0 Å². The van der Waals surface area contributed by atoms with E-state index in [1.54, 1.807) is 11.6 Å². The molecule has 1 saturated carbocycles. The molecule has 1 aliphatic carbocycles. The van der Waals surface area contributed by atoms with E-state index in [1.165, 1.54) is 25.7 Å². The number of hydrogen-bond donors (Lipinski definition) is 0. The Hall–Kier alpha value is 0.830. The molecule has 0 saturated heterocycles. The maximum atomic E-state index is 5.52. The second-order valence-corrected chi connectivity index (χ2v) is 5.26. The van der Waals surface area contributed by atoms with Gasteiger partial charge in [-0.3, -0.25) is 0 Å². The van der Waals surface area contributed by atoms with Crippen molar-refractivity contribution < 1.29 is 0 Å². The van der Waals surface area contributed by atoms with Crippen LogP contribution >= 0.6 is 23.2 Å². The summed E-state index contributed by atoms with van der Waals surface area (Å²) in [5, 5.41) is 1.62. The van der Waals surface area contributed by atoms with Crippen molar-refractivity contribution in [2.45, 2.75) is 43.0 Å². The van der Waals surface area contributed by atoms with E-state index >= 15 is 0 Å². The van der Waals surface area contributed by atoms with E-state index in [2.05, 4.69) is 13.4 Å². The van der Waals surface area contributed by atoms with Crippen molar-refractivity contribution in [2.24, 2.45) is 0 Å². The third-order valence-corrected chi connectivity index (χ3v) is 4.13. The van der Waals surface area contributed by atoms with Crippen LogP contribution in [-0.4, -0.2) is 24.2 Å². The van der Waals surface area contributed by atoms with E-state index in [4.69, 9.17) is 7.12 Å². The van der Waals surface area contributed by atoms with Crippen molar-refractivity contribution in [3.63, 3.8) is 0 Å². The summed E-state index contributed by atoms with van der Waals surface area (Å²) in [6, 6.07) is 0. The molecule has 0 aromatic rings. The van der Waals surface area contributed by atoms with E-state index in [9.17, 15) is 0 Å². The number of hydrogen-bond acceptors (Lipinski definition) is 2. The summed E-state index contributed by atoms with van der Waals surface area (Å²) in [6.45, 7) is 4.33. The average Bonchev–Trinajstić information content (AvgIpc) is 2.07. The molecule has 0 nitrogen and oxygen atoms in total. The lowest BCUT2D eigenvalue weighted by atomic mass is 10.00. The van der Waals surface area contributed by atoms with Crippen molar-refractivity contribution >= 4 is 36.9 Å². The predicted octanol–water partition coefficient (Wildman–Crippen LogP) is 2.51. The van der Waals surface area contributed by atoms with Crippen molar-refractivity contribution in [3.8, 4) is 0 Å². The zero-order valence-electron chi connectivity index (χ0n) is 6.95. The summed E-state index contributed by atoms with van der Waals surface area (Å²) >= 11 is 3.54. The van der Waals surface area contributed by atoms with E-state index in [-0.39, 0.29) is 0 Å².